The summed E-state index contributed by atoms with van der Waals surface area (Å²) in [6, 6.07) is 8.04. The highest BCUT2D eigenvalue weighted by molar-refractivity contribution is 6.00. The molecular formula is C15H20N2O3. The molecule has 1 saturated heterocycles. The summed E-state index contributed by atoms with van der Waals surface area (Å²) in [4.78, 5) is 16.7. The van der Waals surface area contributed by atoms with Gasteiger partial charge in [-0.25, -0.2) is 0 Å². The van der Waals surface area contributed by atoms with Crippen LogP contribution in [-0.4, -0.2) is 51.5 Å². The SMILES string of the molecule is CCN1CCN(C(=O)C2COCCO2)c2ccccc21. The normalized spacial score (nSPS) is 22.6. The average molecular weight is 276 g/mol. The maximum Gasteiger partial charge on any atom is 0.258 e. The van der Waals surface area contributed by atoms with Gasteiger partial charge in [-0.15, -0.1) is 0 Å². The van der Waals surface area contributed by atoms with Crippen LogP contribution in [0.1, 0.15) is 6.92 Å². The minimum atomic E-state index is -0.468. The predicted molar refractivity (Wildman–Crippen MR) is 77.2 cm³/mol. The number of hydrogen-bond acceptors (Lipinski definition) is 4. The number of likely N-dealkylation sites (N-methyl/N-ethyl adjacent to an activating group) is 1. The Kier molecular flexibility index (Phi) is 3.89. The fourth-order valence-corrected chi connectivity index (χ4v) is 2.78. The Balaban J connectivity index is 1.85. The minimum Gasteiger partial charge on any atom is -0.376 e. The summed E-state index contributed by atoms with van der Waals surface area (Å²) >= 11 is 0. The van der Waals surface area contributed by atoms with Crippen LogP contribution in [0, 0.1) is 0 Å². The van der Waals surface area contributed by atoms with Crippen molar-refractivity contribution >= 4 is 17.3 Å². The molecule has 5 heteroatoms. The largest absolute Gasteiger partial charge is 0.376 e. The van der Waals surface area contributed by atoms with E-state index < -0.39 is 6.10 Å². The lowest BCUT2D eigenvalue weighted by Gasteiger charge is -2.38. The zero-order valence-electron chi connectivity index (χ0n) is 11.7. The third-order valence-electron chi connectivity index (χ3n) is 3.85. The molecular weight excluding hydrogens is 256 g/mol. The van der Waals surface area contributed by atoms with Gasteiger partial charge in [0, 0.05) is 19.6 Å². The molecule has 108 valence electrons. The molecule has 0 bridgehead atoms. The molecule has 1 fully saturated rings. The number of rotatable bonds is 2. The Morgan fingerprint density at radius 3 is 2.75 bits per heavy atom. The van der Waals surface area contributed by atoms with Crippen LogP contribution in [0.15, 0.2) is 24.3 Å². The van der Waals surface area contributed by atoms with Crippen LogP contribution in [0.4, 0.5) is 11.4 Å². The number of amides is 1. The van der Waals surface area contributed by atoms with Gasteiger partial charge >= 0.3 is 0 Å². The second kappa shape index (κ2) is 5.81. The number of benzene rings is 1. The molecule has 20 heavy (non-hydrogen) atoms. The van der Waals surface area contributed by atoms with Crippen LogP contribution < -0.4 is 9.80 Å². The molecule has 2 heterocycles. The van der Waals surface area contributed by atoms with E-state index in [9.17, 15) is 4.79 Å². The number of carbonyl (C=O) groups is 1. The van der Waals surface area contributed by atoms with Crippen LogP contribution in [0.25, 0.3) is 0 Å². The van der Waals surface area contributed by atoms with Crippen molar-refractivity contribution in [3.05, 3.63) is 24.3 Å². The van der Waals surface area contributed by atoms with Gasteiger partial charge in [0.1, 0.15) is 0 Å². The second-order valence-corrected chi connectivity index (χ2v) is 4.99. The van der Waals surface area contributed by atoms with E-state index in [1.807, 2.05) is 23.1 Å². The Morgan fingerprint density at radius 2 is 2.05 bits per heavy atom. The zero-order valence-corrected chi connectivity index (χ0v) is 11.7. The molecule has 1 unspecified atom stereocenters. The van der Waals surface area contributed by atoms with Gasteiger partial charge in [0.2, 0.25) is 0 Å². The van der Waals surface area contributed by atoms with E-state index in [2.05, 4.69) is 17.9 Å². The van der Waals surface area contributed by atoms with Gasteiger partial charge in [-0.3, -0.25) is 4.79 Å². The van der Waals surface area contributed by atoms with Crippen molar-refractivity contribution in [1.82, 2.24) is 0 Å². The maximum absolute atomic E-state index is 12.6. The number of fused-ring (bicyclic) bond motifs is 1. The standard InChI is InChI=1S/C15H20N2O3/c1-2-16-7-8-17(13-6-4-3-5-12(13)16)15(18)14-11-19-9-10-20-14/h3-6,14H,2,7-11H2,1H3. The molecule has 1 amide bonds. The highest BCUT2D eigenvalue weighted by Gasteiger charge is 2.32. The van der Waals surface area contributed by atoms with Crippen molar-refractivity contribution in [2.24, 2.45) is 0 Å². The Bertz CT molecular complexity index is 486. The van der Waals surface area contributed by atoms with Crippen LogP contribution in [0.2, 0.25) is 0 Å². The summed E-state index contributed by atoms with van der Waals surface area (Å²) in [5.74, 6) is 0.00732. The molecule has 2 aliphatic heterocycles. The Hall–Kier alpha value is -1.59. The molecule has 0 aliphatic carbocycles. The van der Waals surface area contributed by atoms with Gasteiger partial charge in [-0.2, -0.15) is 0 Å². The fraction of sp³-hybridized carbons (Fsp3) is 0.533. The topological polar surface area (TPSA) is 42.0 Å². The minimum absolute atomic E-state index is 0.00732. The van der Waals surface area contributed by atoms with E-state index in [1.165, 1.54) is 0 Å². The molecule has 1 aromatic carbocycles. The monoisotopic (exact) mass is 276 g/mol. The number of ether oxygens (including phenoxy) is 2. The quantitative estimate of drug-likeness (QED) is 0.816. The zero-order chi connectivity index (χ0) is 13.9. The predicted octanol–water partition coefficient (Wildman–Crippen LogP) is 1.27. The number of nitrogens with zero attached hydrogens (tertiary/aromatic N) is 2. The summed E-state index contributed by atoms with van der Waals surface area (Å²) in [5.41, 5.74) is 2.09. The molecule has 2 aliphatic rings. The van der Waals surface area contributed by atoms with E-state index in [4.69, 9.17) is 9.47 Å². The Labute approximate surface area is 119 Å². The number of hydrogen-bond donors (Lipinski definition) is 0. The molecule has 0 aromatic heterocycles. The van der Waals surface area contributed by atoms with Crippen molar-refractivity contribution in [2.75, 3.05) is 49.3 Å². The first-order valence-electron chi connectivity index (χ1n) is 7.16. The summed E-state index contributed by atoms with van der Waals surface area (Å²) in [6.07, 6.45) is -0.468. The second-order valence-electron chi connectivity index (χ2n) is 4.99. The van der Waals surface area contributed by atoms with Crippen molar-refractivity contribution in [3.63, 3.8) is 0 Å². The molecule has 1 aromatic rings. The van der Waals surface area contributed by atoms with Gasteiger partial charge in [0.25, 0.3) is 5.91 Å². The molecule has 0 spiro atoms. The van der Waals surface area contributed by atoms with E-state index >= 15 is 0 Å². The highest BCUT2D eigenvalue weighted by Crippen LogP contribution is 2.33. The molecule has 5 nitrogen and oxygen atoms in total. The smallest absolute Gasteiger partial charge is 0.258 e. The summed E-state index contributed by atoms with van der Waals surface area (Å²) in [5, 5.41) is 0. The first kappa shape index (κ1) is 13.4. The highest BCUT2D eigenvalue weighted by atomic mass is 16.6. The molecule has 0 N–H and O–H groups in total. The van der Waals surface area contributed by atoms with Gasteiger partial charge < -0.3 is 19.3 Å². The van der Waals surface area contributed by atoms with Crippen LogP contribution in [0.5, 0.6) is 0 Å². The van der Waals surface area contributed by atoms with E-state index in [1.54, 1.807) is 0 Å². The van der Waals surface area contributed by atoms with Crippen molar-refractivity contribution in [2.45, 2.75) is 13.0 Å². The number of anilines is 2. The lowest BCUT2D eigenvalue weighted by Crippen LogP contribution is -2.50. The lowest BCUT2D eigenvalue weighted by molar-refractivity contribution is -0.144. The van der Waals surface area contributed by atoms with Crippen LogP contribution in [0.3, 0.4) is 0 Å². The van der Waals surface area contributed by atoms with Gasteiger partial charge in [-0.05, 0) is 19.1 Å². The maximum atomic E-state index is 12.6. The van der Waals surface area contributed by atoms with Gasteiger partial charge in [0.05, 0.1) is 31.2 Å². The van der Waals surface area contributed by atoms with Crippen molar-refractivity contribution < 1.29 is 14.3 Å². The summed E-state index contributed by atoms with van der Waals surface area (Å²) in [6.45, 7) is 6.05. The first-order chi connectivity index (χ1) is 9.81. The van der Waals surface area contributed by atoms with Gasteiger partial charge in [-0.1, -0.05) is 12.1 Å². The number of para-hydroxylation sites is 2. The van der Waals surface area contributed by atoms with Gasteiger partial charge in [0.15, 0.2) is 6.10 Å². The lowest BCUT2D eigenvalue weighted by atomic mass is 10.1. The van der Waals surface area contributed by atoms with E-state index in [0.29, 0.717) is 26.4 Å². The van der Waals surface area contributed by atoms with Crippen molar-refractivity contribution in [3.8, 4) is 0 Å². The van der Waals surface area contributed by atoms with E-state index in [0.717, 1.165) is 24.5 Å². The third-order valence-corrected chi connectivity index (χ3v) is 3.85. The third kappa shape index (κ3) is 2.39. The summed E-state index contributed by atoms with van der Waals surface area (Å²) in [7, 11) is 0. The van der Waals surface area contributed by atoms with E-state index in [-0.39, 0.29) is 5.91 Å². The number of carbonyl (C=O) groups excluding carboxylic acids is 1. The molecule has 1 atom stereocenters. The molecule has 3 rings (SSSR count). The molecule has 0 saturated carbocycles. The Morgan fingerprint density at radius 1 is 1.25 bits per heavy atom. The fourth-order valence-electron chi connectivity index (χ4n) is 2.78. The van der Waals surface area contributed by atoms with Crippen molar-refractivity contribution in [1.29, 1.82) is 0 Å². The average Bonchev–Trinajstić information content (AvgIpc) is 2.54. The first-order valence-corrected chi connectivity index (χ1v) is 7.16. The van der Waals surface area contributed by atoms with Crippen LogP contribution in [-0.2, 0) is 14.3 Å². The van der Waals surface area contributed by atoms with Crippen LogP contribution >= 0.6 is 0 Å². The summed E-state index contributed by atoms with van der Waals surface area (Å²) < 4.78 is 10.9. The molecule has 0 radical (unpaired) electrons.